The van der Waals surface area contributed by atoms with Crippen molar-refractivity contribution in [1.82, 2.24) is 10.3 Å². The number of anilines is 1. The highest BCUT2D eigenvalue weighted by molar-refractivity contribution is 5.38. The Morgan fingerprint density at radius 2 is 2.00 bits per heavy atom. The summed E-state index contributed by atoms with van der Waals surface area (Å²) in [5.74, 6) is 2.11. The Balaban J connectivity index is 1.45. The van der Waals surface area contributed by atoms with Gasteiger partial charge in [0.05, 0.1) is 0 Å². The summed E-state index contributed by atoms with van der Waals surface area (Å²) in [4.78, 5) is 6.88. The van der Waals surface area contributed by atoms with Gasteiger partial charge in [-0.15, -0.1) is 0 Å². The van der Waals surface area contributed by atoms with E-state index in [0.717, 1.165) is 36.9 Å². The highest BCUT2D eigenvalue weighted by Gasteiger charge is 2.27. The molecule has 3 rings (SSSR count). The van der Waals surface area contributed by atoms with Crippen molar-refractivity contribution in [2.24, 2.45) is 5.92 Å². The van der Waals surface area contributed by atoms with Gasteiger partial charge in [0.25, 0.3) is 0 Å². The summed E-state index contributed by atoms with van der Waals surface area (Å²) in [6, 6.07) is 7.69. The Bertz CT molecular complexity index is 398. The lowest BCUT2D eigenvalue weighted by Crippen LogP contribution is -2.45. The van der Waals surface area contributed by atoms with E-state index in [1.165, 1.54) is 38.5 Å². The number of rotatable bonds is 4. The molecule has 1 aromatic rings. The van der Waals surface area contributed by atoms with E-state index in [2.05, 4.69) is 34.3 Å². The first kappa shape index (κ1) is 13.9. The fourth-order valence-corrected chi connectivity index (χ4v) is 3.75. The molecule has 20 heavy (non-hydrogen) atoms. The number of piperidine rings is 1. The van der Waals surface area contributed by atoms with Crippen LogP contribution in [0.25, 0.3) is 0 Å². The van der Waals surface area contributed by atoms with E-state index < -0.39 is 0 Å². The third-order valence-electron chi connectivity index (χ3n) is 5.06. The van der Waals surface area contributed by atoms with Gasteiger partial charge in [-0.1, -0.05) is 19.4 Å². The van der Waals surface area contributed by atoms with Crippen molar-refractivity contribution in [3.63, 3.8) is 0 Å². The van der Waals surface area contributed by atoms with E-state index in [4.69, 9.17) is 0 Å². The maximum atomic E-state index is 4.46. The summed E-state index contributed by atoms with van der Waals surface area (Å²) < 4.78 is 0. The van der Waals surface area contributed by atoms with E-state index >= 15 is 0 Å². The van der Waals surface area contributed by atoms with Crippen LogP contribution in [0.2, 0.25) is 0 Å². The second kappa shape index (κ2) is 6.57. The van der Waals surface area contributed by atoms with Crippen LogP contribution in [-0.4, -0.2) is 30.2 Å². The van der Waals surface area contributed by atoms with Gasteiger partial charge in [-0.05, 0) is 50.2 Å². The molecule has 1 aliphatic carbocycles. The molecule has 0 amide bonds. The highest BCUT2D eigenvalue weighted by atomic mass is 15.2. The monoisotopic (exact) mass is 273 g/mol. The molecule has 3 heteroatoms. The van der Waals surface area contributed by atoms with Gasteiger partial charge >= 0.3 is 0 Å². The number of hydrogen-bond donors (Lipinski definition) is 1. The predicted octanol–water partition coefficient (Wildman–Crippen LogP) is 3.22. The first-order chi connectivity index (χ1) is 9.85. The number of nitrogens with one attached hydrogen (secondary N) is 1. The Morgan fingerprint density at radius 3 is 2.65 bits per heavy atom. The smallest absolute Gasteiger partial charge is 0.128 e. The van der Waals surface area contributed by atoms with E-state index in [9.17, 15) is 0 Å². The van der Waals surface area contributed by atoms with Crippen molar-refractivity contribution >= 4 is 5.82 Å². The molecule has 0 radical (unpaired) electrons. The first-order valence-corrected chi connectivity index (χ1v) is 8.27. The largest absolute Gasteiger partial charge is 0.357 e. The number of pyridine rings is 1. The molecule has 2 unspecified atom stereocenters. The molecule has 0 spiro atoms. The normalized spacial score (nSPS) is 27.9. The van der Waals surface area contributed by atoms with Gasteiger partial charge in [0, 0.05) is 31.4 Å². The van der Waals surface area contributed by atoms with Gasteiger partial charge in [0.15, 0.2) is 0 Å². The van der Waals surface area contributed by atoms with Crippen LogP contribution in [-0.2, 0) is 0 Å². The number of aromatic nitrogens is 1. The van der Waals surface area contributed by atoms with Crippen molar-refractivity contribution in [2.75, 3.05) is 18.0 Å². The lowest BCUT2D eigenvalue weighted by molar-refractivity contribution is 0.360. The van der Waals surface area contributed by atoms with Crippen molar-refractivity contribution in [2.45, 2.75) is 57.5 Å². The van der Waals surface area contributed by atoms with Crippen molar-refractivity contribution < 1.29 is 0 Å². The van der Waals surface area contributed by atoms with Crippen LogP contribution in [0.15, 0.2) is 24.4 Å². The summed E-state index contributed by atoms with van der Waals surface area (Å²) in [5, 5.41) is 3.91. The molecule has 1 aromatic heterocycles. The van der Waals surface area contributed by atoms with E-state index in [0.29, 0.717) is 0 Å². The lowest BCUT2D eigenvalue weighted by atomic mass is 10.0. The van der Waals surface area contributed by atoms with Gasteiger partial charge in [-0.2, -0.15) is 0 Å². The molecule has 2 atom stereocenters. The summed E-state index contributed by atoms with van der Waals surface area (Å²) >= 11 is 0. The van der Waals surface area contributed by atoms with Gasteiger partial charge in [-0.3, -0.25) is 0 Å². The standard InChI is InChI=1S/C17H27N3/c1-2-14-6-7-16(13-14)19-15-8-11-20(12-9-15)17-5-3-4-10-18-17/h3-5,10,14-16,19H,2,6-9,11-13H2,1H3. The van der Waals surface area contributed by atoms with E-state index in [1.54, 1.807) is 0 Å². The minimum Gasteiger partial charge on any atom is -0.357 e. The van der Waals surface area contributed by atoms with Crippen LogP contribution in [0.4, 0.5) is 5.82 Å². The Labute approximate surface area is 122 Å². The third kappa shape index (κ3) is 3.32. The molecule has 2 heterocycles. The molecule has 1 saturated heterocycles. The van der Waals surface area contributed by atoms with Crippen LogP contribution in [0.3, 0.4) is 0 Å². The average molecular weight is 273 g/mol. The van der Waals surface area contributed by atoms with Crippen molar-refractivity contribution in [3.8, 4) is 0 Å². The quantitative estimate of drug-likeness (QED) is 0.913. The van der Waals surface area contributed by atoms with Gasteiger partial charge in [0.2, 0.25) is 0 Å². The molecule has 1 N–H and O–H groups in total. The minimum absolute atomic E-state index is 0.718. The summed E-state index contributed by atoms with van der Waals surface area (Å²) in [6.07, 6.45) is 9.98. The maximum Gasteiger partial charge on any atom is 0.128 e. The Kier molecular flexibility index (Phi) is 4.56. The molecule has 0 bridgehead atoms. The SMILES string of the molecule is CCC1CCC(NC2CCN(c3ccccn3)CC2)C1. The number of hydrogen-bond acceptors (Lipinski definition) is 3. The summed E-state index contributed by atoms with van der Waals surface area (Å²) in [7, 11) is 0. The van der Waals surface area contributed by atoms with Crippen LogP contribution in [0.5, 0.6) is 0 Å². The second-order valence-corrected chi connectivity index (χ2v) is 6.40. The Morgan fingerprint density at radius 1 is 1.15 bits per heavy atom. The summed E-state index contributed by atoms with van der Waals surface area (Å²) in [6.45, 7) is 4.61. The fourth-order valence-electron chi connectivity index (χ4n) is 3.75. The molecule has 0 aromatic carbocycles. The predicted molar refractivity (Wildman–Crippen MR) is 84.0 cm³/mol. The third-order valence-corrected chi connectivity index (χ3v) is 5.06. The van der Waals surface area contributed by atoms with Crippen LogP contribution in [0, 0.1) is 5.92 Å². The molecule has 3 nitrogen and oxygen atoms in total. The topological polar surface area (TPSA) is 28.2 Å². The zero-order chi connectivity index (χ0) is 13.8. The van der Waals surface area contributed by atoms with Crippen LogP contribution < -0.4 is 10.2 Å². The molecule has 1 aliphatic heterocycles. The fraction of sp³-hybridized carbons (Fsp3) is 0.706. The van der Waals surface area contributed by atoms with E-state index in [1.807, 2.05) is 12.3 Å². The Hall–Kier alpha value is -1.09. The molecule has 1 saturated carbocycles. The maximum absolute atomic E-state index is 4.46. The van der Waals surface area contributed by atoms with Crippen LogP contribution in [0.1, 0.15) is 45.4 Å². The molecule has 2 fully saturated rings. The van der Waals surface area contributed by atoms with Gasteiger partial charge in [-0.25, -0.2) is 4.98 Å². The second-order valence-electron chi connectivity index (χ2n) is 6.40. The summed E-state index contributed by atoms with van der Waals surface area (Å²) in [5.41, 5.74) is 0. The van der Waals surface area contributed by atoms with Crippen LogP contribution >= 0.6 is 0 Å². The van der Waals surface area contributed by atoms with E-state index in [-0.39, 0.29) is 0 Å². The highest BCUT2D eigenvalue weighted by Crippen LogP contribution is 2.29. The first-order valence-electron chi connectivity index (χ1n) is 8.27. The average Bonchev–Trinajstić information content (AvgIpc) is 2.97. The zero-order valence-electron chi connectivity index (χ0n) is 12.6. The van der Waals surface area contributed by atoms with Crippen molar-refractivity contribution in [1.29, 1.82) is 0 Å². The minimum atomic E-state index is 0.718. The van der Waals surface area contributed by atoms with Gasteiger partial charge in [0.1, 0.15) is 5.82 Å². The molecular formula is C17H27N3. The lowest BCUT2D eigenvalue weighted by Gasteiger charge is -2.34. The molecular weight excluding hydrogens is 246 g/mol. The number of nitrogens with zero attached hydrogens (tertiary/aromatic N) is 2. The molecule has 2 aliphatic rings. The van der Waals surface area contributed by atoms with Gasteiger partial charge < -0.3 is 10.2 Å². The molecule has 110 valence electrons. The zero-order valence-corrected chi connectivity index (χ0v) is 12.6. The van der Waals surface area contributed by atoms with Crippen molar-refractivity contribution in [3.05, 3.63) is 24.4 Å².